The third-order valence-corrected chi connectivity index (χ3v) is 4.06. The highest BCUT2D eigenvalue weighted by atomic mass is 16.6. The van der Waals surface area contributed by atoms with E-state index in [1.165, 1.54) is 0 Å². The second kappa shape index (κ2) is 4.39. The highest BCUT2D eigenvalue weighted by molar-refractivity contribution is 5.78. The Morgan fingerprint density at radius 2 is 1.79 bits per heavy atom. The minimum atomic E-state index is -0.732. The lowest BCUT2D eigenvalue weighted by molar-refractivity contribution is -0.144. The first kappa shape index (κ1) is 14.2. The Balaban J connectivity index is 1.96. The zero-order valence-corrected chi connectivity index (χ0v) is 11.9. The van der Waals surface area contributed by atoms with Crippen LogP contribution in [-0.2, 0) is 9.53 Å². The van der Waals surface area contributed by atoms with Gasteiger partial charge in [-0.3, -0.25) is 4.79 Å². The van der Waals surface area contributed by atoms with Crippen LogP contribution in [0.2, 0.25) is 0 Å². The molecule has 2 saturated carbocycles. The second-order valence-electron chi connectivity index (χ2n) is 7.02. The Morgan fingerprint density at radius 3 is 2.11 bits per heavy atom. The number of ether oxygens (including phenoxy) is 1. The van der Waals surface area contributed by atoms with Crippen LogP contribution in [0.3, 0.4) is 0 Å². The number of aliphatic carboxylic acids is 1. The SMILES string of the molecule is CC(C)(C)OC(=O)NC1(CC2(C(=O)O)CC2)CCC1. The third-order valence-electron chi connectivity index (χ3n) is 4.06. The number of alkyl carbamates (subject to hydrolysis) is 1. The Labute approximate surface area is 113 Å². The summed E-state index contributed by atoms with van der Waals surface area (Å²) in [6, 6.07) is 0. The van der Waals surface area contributed by atoms with Gasteiger partial charge in [-0.2, -0.15) is 0 Å². The van der Waals surface area contributed by atoms with Crippen LogP contribution in [-0.4, -0.2) is 28.3 Å². The molecule has 0 radical (unpaired) electrons. The van der Waals surface area contributed by atoms with Crippen LogP contribution < -0.4 is 5.32 Å². The van der Waals surface area contributed by atoms with Gasteiger partial charge in [-0.1, -0.05) is 0 Å². The van der Waals surface area contributed by atoms with Crippen LogP contribution in [0, 0.1) is 5.41 Å². The molecule has 19 heavy (non-hydrogen) atoms. The van der Waals surface area contributed by atoms with Gasteiger partial charge in [0.1, 0.15) is 5.60 Å². The summed E-state index contributed by atoms with van der Waals surface area (Å²) in [6.07, 6.45) is 4.27. The average Bonchev–Trinajstić information content (AvgIpc) is 2.92. The first-order chi connectivity index (χ1) is 8.67. The van der Waals surface area contributed by atoms with Crippen molar-refractivity contribution in [1.82, 2.24) is 5.32 Å². The fourth-order valence-corrected chi connectivity index (χ4v) is 2.73. The molecule has 5 nitrogen and oxygen atoms in total. The predicted octanol–water partition coefficient (Wildman–Crippen LogP) is 2.69. The molecule has 0 aliphatic heterocycles. The van der Waals surface area contributed by atoms with Gasteiger partial charge < -0.3 is 15.2 Å². The molecule has 2 aliphatic rings. The number of rotatable bonds is 4. The molecule has 0 aromatic heterocycles. The number of carboxylic acids is 1. The van der Waals surface area contributed by atoms with E-state index in [1.807, 2.05) is 20.8 Å². The topological polar surface area (TPSA) is 75.6 Å². The normalized spacial score (nSPS) is 23.1. The van der Waals surface area contributed by atoms with E-state index in [2.05, 4.69) is 5.32 Å². The molecule has 2 rings (SSSR count). The van der Waals surface area contributed by atoms with Crippen LogP contribution in [0.1, 0.15) is 59.3 Å². The summed E-state index contributed by atoms with van der Waals surface area (Å²) in [4.78, 5) is 23.1. The number of hydrogen-bond acceptors (Lipinski definition) is 3. The van der Waals surface area contributed by atoms with Gasteiger partial charge in [0.2, 0.25) is 0 Å². The fraction of sp³-hybridized carbons (Fsp3) is 0.857. The zero-order valence-electron chi connectivity index (χ0n) is 11.9. The van der Waals surface area contributed by atoms with Crippen LogP contribution >= 0.6 is 0 Å². The van der Waals surface area contributed by atoms with E-state index >= 15 is 0 Å². The second-order valence-corrected chi connectivity index (χ2v) is 7.02. The minimum absolute atomic E-state index is 0.364. The quantitative estimate of drug-likeness (QED) is 0.822. The molecule has 0 atom stereocenters. The van der Waals surface area contributed by atoms with Crippen LogP contribution in [0.5, 0.6) is 0 Å². The molecular weight excluding hydrogens is 246 g/mol. The maximum Gasteiger partial charge on any atom is 0.408 e. The predicted molar refractivity (Wildman–Crippen MR) is 69.9 cm³/mol. The van der Waals surface area contributed by atoms with Gasteiger partial charge in [0.15, 0.2) is 0 Å². The average molecular weight is 269 g/mol. The Bertz CT molecular complexity index is 389. The van der Waals surface area contributed by atoms with Gasteiger partial charge in [-0.15, -0.1) is 0 Å². The summed E-state index contributed by atoms with van der Waals surface area (Å²) in [5.41, 5.74) is -1.49. The first-order valence-electron chi connectivity index (χ1n) is 6.91. The lowest BCUT2D eigenvalue weighted by Gasteiger charge is -2.44. The molecule has 0 aromatic rings. The largest absolute Gasteiger partial charge is 0.481 e. The maximum absolute atomic E-state index is 11.9. The Kier molecular flexibility index (Phi) is 3.27. The summed E-state index contributed by atoms with van der Waals surface area (Å²) >= 11 is 0. The zero-order chi connectivity index (χ0) is 14.3. The van der Waals surface area contributed by atoms with Gasteiger partial charge >= 0.3 is 12.1 Å². The summed E-state index contributed by atoms with van der Waals surface area (Å²) < 4.78 is 5.27. The van der Waals surface area contributed by atoms with Crippen molar-refractivity contribution in [2.24, 2.45) is 5.41 Å². The van der Waals surface area contributed by atoms with Crippen molar-refractivity contribution >= 4 is 12.1 Å². The number of carboxylic acid groups (broad SMARTS) is 1. The molecular formula is C14H23NO4. The van der Waals surface area contributed by atoms with E-state index in [4.69, 9.17) is 4.74 Å². The van der Waals surface area contributed by atoms with Gasteiger partial charge in [0, 0.05) is 5.54 Å². The maximum atomic E-state index is 11.9. The van der Waals surface area contributed by atoms with Crippen molar-refractivity contribution in [1.29, 1.82) is 0 Å². The van der Waals surface area contributed by atoms with E-state index in [9.17, 15) is 14.7 Å². The van der Waals surface area contributed by atoms with Crippen LogP contribution in [0.15, 0.2) is 0 Å². The molecule has 2 N–H and O–H groups in total. The van der Waals surface area contributed by atoms with Crippen molar-refractivity contribution in [2.75, 3.05) is 0 Å². The monoisotopic (exact) mass is 269 g/mol. The number of amides is 1. The third kappa shape index (κ3) is 3.19. The molecule has 5 heteroatoms. The van der Waals surface area contributed by atoms with Crippen LogP contribution in [0.25, 0.3) is 0 Å². The molecule has 2 aliphatic carbocycles. The Morgan fingerprint density at radius 1 is 1.21 bits per heavy atom. The number of carbonyl (C=O) groups excluding carboxylic acids is 1. The Hall–Kier alpha value is -1.26. The summed E-state index contributed by atoms with van der Waals surface area (Å²) in [7, 11) is 0. The van der Waals surface area contributed by atoms with Gasteiger partial charge in [-0.25, -0.2) is 4.79 Å². The molecule has 0 unspecified atom stereocenters. The minimum Gasteiger partial charge on any atom is -0.481 e. The summed E-state index contributed by atoms with van der Waals surface area (Å²) in [6.45, 7) is 5.46. The lowest BCUT2D eigenvalue weighted by Crippen LogP contribution is -2.56. The van der Waals surface area contributed by atoms with E-state index in [-0.39, 0.29) is 5.54 Å². The van der Waals surface area contributed by atoms with E-state index < -0.39 is 23.1 Å². The molecule has 0 spiro atoms. The van der Waals surface area contributed by atoms with Crippen molar-refractivity contribution < 1.29 is 19.4 Å². The van der Waals surface area contributed by atoms with E-state index in [0.717, 1.165) is 32.1 Å². The van der Waals surface area contributed by atoms with Crippen molar-refractivity contribution in [2.45, 2.75) is 70.4 Å². The molecule has 0 saturated heterocycles. The first-order valence-corrected chi connectivity index (χ1v) is 6.91. The van der Waals surface area contributed by atoms with Crippen molar-refractivity contribution in [3.8, 4) is 0 Å². The molecule has 108 valence electrons. The molecule has 0 bridgehead atoms. The molecule has 0 heterocycles. The number of hydrogen-bond donors (Lipinski definition) is 2. The molecule has 0 aromatic carbocycles. The standard InChI is InChI=1S/C14H23NO4/c1-12(2,3)19-11(18)15-14(5-4-6-14)9-13(7-8-13)10(16)17/h4-9H2,1-3H3,(H,15,18)(H,16,17). The molecule has 2 fully saturated rings. The summed E-state index contributed by atoms with van der Waals surface area (Å²) in [5, 5.41) is 12.2. The van der Waals surface area contributed by atoms with Crippen molar-refractivity contribution in [3.63, 3.8) is 0 Å². The van der Waals surface area contributed by atoms with Gasteiger partial charge in [0.05, 0.1) is 5.41 Å². The fourth-order valence-electron chi connectivity index (χ4n) is 2.73. The smallest absolute Gasteiger partial charge is 0.408 e. The highest BCUT2D eigenvalue weighted by Gasteiger charge is 2.56. The number of carbonyl (C=O) groups is 2. The van der Waals surface area contributed by atoms with Gasteiger partial charge in [0.25, 0.3) is 0 Å². The van der Waals surface area contributed by atoms with E-state index in [1.54, 1.807) is 0 Å². The molecule has 1 amide bonds. The van der Waals surface area contributed by atoms with Crippen LogP contribution in [0.4, 0.5) is 4.79 Å². The van der Waals surface area contributed by atoms with E-state index in [0.29, 0.717) is 6.42 Å². The van der Waals surface area contributed by atoms with Gasteiger partial charge in [-0.05, 0) is 59.3 Å². The number of nitrogens with one attached hydrogen (secondary N) is 1. The lowest BCUT2D eigenvalue weighted by atomic mass is 9.70. The highest BCUT2D eigenvalue weighted by Crippen LogP contribution is 2.55. The summed E-state index contributed by atoms with van der Waals surface area (Å²) in [5.74, 6) is -0.732. The van der Waals surface area contributed by atoms with Crippen molar-refractivity contribution in [3.05, 3.63) is 0 Å².